The van der Waals surface area contributed by atoms with Gasteiger partial charge in [-0.05, 0) is 48.8 Å². The normalized spacial score (nSPS) is 20.9. The van der Waals surface area contributed by atoms with Gasteiger partial charge in [0.25, 0.3) is 0 Å². The molecule has 1 fully saturated rings. The number of nitrogens with one attached hydrogen (secondary N) is 1. The standard InChI is InChI=1S/C15H22N2S/c1-4-13(12-17-8-3-10-18-11-9-17)14-5-2-7-16-15(14)6-1/h1,4,6,16H,2-3,5,7-12H2. The van der Waals surface area contributed by atoms with Crippen LogP contribution in [0.4, 0.5) is 5.69 Å². The second kappa shape index (κ2) is 5.98. The molecule has 0 radical (unpaired) electrons. The van der Waals surface area contributed by atoms with Gasteiger partial charge in [0.1, 0.15) is 0 Å². The molecule has 18 heavy (non-hydrogen) atoms. The Balaban J connectivity index is 1.75. The first-order valence-corrected chi connectivity index (χ1v) is 8.24. The van der Waals surface area contributed by atoms with Crippen LogP contribution in [0.2, 0.25) is 0 Å². The van der Waals surface area contributed by atoms with E-state index in [1.165, 1.54) is 49.5 Å². The summed E-state index contributed by atoms with van der Waals surface area (Å²) in [7, 11) is 0. The van der Waals surface area contributed by atoms with Gasteiger partial charge in [0.05, 0.1) is 0 Å². The molecule has 0 saturated carbocycles. The van der Waals surface area contributed by atoms with Crippen molar-refractivity contribution in [2.24, 2.45) is 0 Å². The molecular weight excluding hydrogens is 240 g/mol. The number of thioether (sulfide) groups is 1. The summed E-state index contributed by atoms with van der Waals surface area (Å²) in [5.41, 5.74) is 4.50. The average molecular weight is 262 g/mol. The lowest BCUT2D eigenvalue weighted by Crippen LogP contribution is -2.26. The van der Waals surface area contributed by atoms with Crippen molar-refractivity contribution < 1.29 is 0 Å². The van der Waals surface area contributed by atoms with E-state index in [1.807, 2.05) is 0 Å². The largest absolute Gasteiger partial charge is 0.385 e. The smallest absolute Gasteiger partial charge is 0.0375 e. The first-order chi connectivity index (χ1) is 8.93. The number of fused-ring (bicyclic) bond motifs is 1. The van der Waals surface area contributed by atoms with Crippen LogP contribution in [0.3, 0.4) is 0 Å². The maximum absolute atomic E-state index is 3.53. The highest BCUT2D eigenvalue weighted by atomic mass is 32.2. The minimum absolute atomic E-state index is 1.14. The fourth-order valence-electron chi connectivity index (χ4n) is 2.93. The molecule has 3 rings (SSSR count). The Morgan fingerprint density at radius 3 is 3.17 bits per heavy atom. The van der Waals surface area contributed by atoms with E-state index < -0.39 is 0 Å². The minimum Gasteiger partial charge on any atom is -0.385 e. The van der Waals surface area contributed by atoms with Gasteiger partial charge in [0.2, 0.25) is 0 Å². The molecule has 0 bridgehead atoms. The Kier molecular flexibility index (Phi) is 4.11. The van der Waals surface area contributed by atoms with Crippen molar-refractivity contribution in [2.75, 3.05) is 36.5 Å². The van der Waals surface area contributed by atoms with Gasteiger partial charge in [-0.2, -0.15) is 11.8 Å². The Bertz CT molecular complexity index is 397. The summed E-state index contributed by atoms with van der Waals surface area (Å²) < 4.78 is 0. The van der Waals surface area contributed by atoms with Crippen molar-refractivity contribution in [1.29, 1.82) is 0 Å². The number of hydrogen-bond acceptors (Lipinski definition) is 3. The van der Waals surface area contributed by atoms with Crippen LogP contribution in [-0.4, -0.2) is 36.0 Å². The molecule has 0 atom stereocenters. The summed E-state index contributed by atoms with van der Waals surface area (Å²) in [6.45, 7) is 4.80. The summed E-state index contributed by atoms with van der Waals surface area (Å²) in [6.07, 6.45) is 3.87. The third-order valence-corrected chi connectivity index (χ3v) is 4.95. The molecule has 2 heterocycles. The van der Waals surface area contributed by atoms with Gasteiger partial charge in [-0.1, -0.05) is 12.1 Å². The van der Waals surface area contributed by atoms with E-state index in [-0.39, 0.29) is 0 Å². The van der Waals surface area contributed by atoms with Crippen LogP contribution in [0, 0.1) is 0 Å². The van der Waals surface area contributed by atoms with Gasteiger partial charge >= 0.3 is 0 Å². The van der Waals surface area contributed by atoms with Gasteiger partial charge < -0.3 is 5.32 Å². The minimum atomic E-state index is 1.14. The second-order valence-corrected chi connectivity index (χ2v) is 6.44. The number of hydrogen-bond donors (Lipinski definition) is 1. The molecule has 1 saturated heterocycles. The number of benzene rings is 1. The molecule has 0 aliphatic carbocycles. The highest BCUT2D eigenvalue weighted by Crippen LogP contribution is 2.26. The topological polar surface area (TPSA) is 15.3 Å². The fraction of sp³-hybridized carbons (Fsp3) is 0.600. The summed E-state index contributed by atoms with van der Waals surface area (Å²) in [4.78, 5) is 2.63. The lowest BCUT2D eigenvalue weighted by Gasteiger charge is -2.25. The molecule has 1 aromatic carbocycles. The van der Waals surface area contributed by atoms with E-state index in [4.69, 9.17) is 0 Å². The van der Waals surface area contributed by atoms with Crippen LogP contribution in [0.15, 0.2) is 18.2 Å². The van der Waals surface area contributed by atoms with Crippen molar-refractivity contribution in [2.45, 2.75) is 25.8 Å². The summed E-state index contributed by atoms with van der Waals surface area (Å²) in [6, 6.07) is 6.76. The molecule has 2 nitrogen and oxygen atoms in total. The fourth-order valence-corrected chi connectivity index (χ4v) is 3.85. The summed E-state index contributed by atoms with van der Waals surface area (Å²) in [5, 5.41) is 3.53. The third kappa shape index (κ3) is 2.83. The predicted octanol–water partition coefficient (Wildman–Crippen LogP) is 2.98. The van der Waals surface area contributed by atoms with Gasteiger partial charge in [-0.25, -0.2) is 0 Å². The second-order valence-electron chi connectivity index (χ2n) is 5.22. The highest BCUT2D eigenvalue weighted by molar-refractivity contribution is 7.99. The molecule has 0 spiro atoms. The van der Waals surface area contributed by atoms with E-state index in [0.717, 1.165) is 13.1 Å². The van der Waals surface area contributed by atoms with Crippen LogP contribution in [0.25, 0.3) is 0 Å². The van der Waals surface area contributed by atoms with E-state index >= 15 is 0 Å². The molecule has 0 amide bonds. The lowest BCUT2D eigenvalue weighted by atomic mass is 9.97. The Morgan fingerprint density at radius 2 is 2.17 bits per heavy atom. The van der Waals surface area contributed by atoms with Gasteiger partial charge in [0.15, 0.2) is 0 Å². The third-order valence-electron chi connectivity index (χ3n) is 3.90. The zero-order valence-corrected chi connectivity index (χ0v) is 11.8. The van der Waals surface area contributed by atoms with E-state index in [2.05, 4.69) is 40.2 Å². The number of anilines is 1. The van der Waals surface area contributed by atoms with Crippen LogP contribution < -0.4 is 5.32 Å². The van der Waals surface area contributed by atoms with Crippen molar-refractivity contribution in [3.05, 3.63) is 29.3 Å². The molecule has 1 aromatic rings. The maximum Gasteiger partial charge on any atom is 0.0375 e. The first-order valence-electron chi connectivity index (χ1n) is 7.08. The lowest BCUT2D eigenvalue weighted by molar-refractivity contribution is 0.286. The number of nitrogens with zero attached hydrogens (tertiary/aromatic N) is 1. The molecular formula is C15H22N2S. The quantitative estimate of drug-likeness (QED) is 0.882. The average Bonchev–Trinajstić information content (AvgIpc) is 2.68. The molecule has 3 heteroatoms. The van der Waals surface area contributed by atoms with Gasteiger partial charge in [-0.3, -0.25) is 4.90 Å². The molecule has 0 unspecified atom stereocenters. The SMILES string of the molecule is c1cc(CN2CCCSCC2)c2c(c1)NCCC2. The molecule has 2 aliphatic rings. The van der Waals surface area contributed by atoms with Crippen molar-refractivity contribution >= 4 is 17.4 Å². The number of rotatable bonds is 2. The molecule has 2 aliphatic heterocycles. The van der Waals surface area contributed by atoms with Crippen LogP contribution >= 0.6 is 11.8 Å². The van der Waals surface area contributed by atoms with Gasteiger partial charge in [-0.15, -0.1) is 0 Å². The van der Waals surface area contributed by atoms with Crippen molar-refractivity contribution in [3.63, 3.8) is 0 Å². The molecule has 98 valence electrons. The van der Waals surface area contributed by atoms with Crippen LogP contribution in [0.5, 0.6) is 0 Å². The first kappa shape index (κ1) is 12.4. The highest BCUT2D eigenvalue weighted by Gasteiger charge is 2.15. The van der Waals surface area contributed by atoms with Gasteiger partial charge in [0, 0.05) is 31.1 Å². The molecule has 0 aromatic heterocycles. The van der Waals surface area contributed by atoms with Crippen molar-refractivity contribution in [3.8, 4) is 0 Å². The van der Waals surface area contributed by atoms with E-state index in [9.17, 15) is 0 Å². The van der Waals surface area contributed by atoms with E-state index in [1.54, 1.807) is 11.1 Å². The van der Waals surface area contributed by atoms with E-state index in [0.29, 0.717) is 0 Å². The van der Waals surface area contributed by atoms with Crippen LogP contribution in [0.1, 0.15) is 24.0 Å². The monoisotopic (exact) mass is 262 g/mol. The Labute approximate surface area is 114 Å². The zero-order valence-electron chi connectivity index (χ0n) is 11.0. The Morgan fingerprint density at radius 1 is 1.17 bits per heavy atom. The Hall–Kier alpha value is -0.670. The molecule has 1 N–H and O–H groups in total. The predicted molar refractivity (Wildman–Crippen MR) is 80.5 cm³/mol. The van der Waals surface area contributed by atoms with Crippen LogP contribution in [-0.2, 0) is 13.0 Å². The van der Waals surface area contributed by atoms with Crippen molar-refractivity contribution in [1.82, 2.24) is 4.90 Å². The summed E-state index contributed by atoms with van der Waals surface area (Å²) >= 11 is 2.10. The summed E-state index contributed by atoms with van der Waals surface area (Å²) in [5.74, 6) is 2.64. The zero-order chi connectivity index (χ0) is 12.2. The maximum atomic E-state index is 3.53.